The SMILES string of the molecule is c1ccc(CCc2c(-c3ccccc3)cc(-c3ccccn3)n2Cc2ccccc2)cc1. The van der Waals surface area contributed by atoms with Crippen LogP contribution in [-0.2, 0) is 19.4 Å². The molecular weight excluding hydrogens is 388 g/mol. The molecule has 0 atom stereocenters. The van der Waals surface area contributed by atoms with Gasteiger partial charge in [-0.15, -0.1) is 0 Å². The van der Waals surface area contributed by atoms with Gasteiger partial charge in [0.05, 0.1) is 11.4 Å². The molecule has 0 radical (unpaired) electrons. The van der Waals surface area contributed by atoms with Gasteiger partial charge in [-0.2, -0.15) is 0 Å². The molecular formula is C30H26N2. The number of nitrogens with zero attached hydrogens (tertiary/aromatic N) is 2. The summed E-state index contributed by atoms with van der Waals surface area (Å²) >= 11 is 0. The van der Waals surface area contributed by atoms with E-state index in [4.69, 9.17) is 4.98 Å². The van der Waals surface area contributed by atoms with Gasteiger partial charge in [0.2, 0.25) is 0 Å². The molecule has 0 N–H and O–H groups in total. The van der Waals surface area contributed by atoms with Crippen LogP contribution < -0.4 is 0 Å². The van der Waals surface area contributed by atoms with Crippen molar-refractivity contribution in [1.29, 1.82) is 0 Å². The van der Waals surface area contributed by atoms with Gasteiger partial charge in [-0.1, -0.05) is 97.1 Å². The second-order valence-corrected chi connectivity index (χ2v) is 8.03. The molecule has 5 rings (SSSR count). The van der Waals surface area contributed by atoms with Crippen LogP contribution in [-0.4, -0.2) is 9.55 Å². The van der Waals surface area contributed by atoms with Crippen molar-refractivity contribution >= 4 is 0 Å². The highest BCUT2D eigenvalue weighted by atomic mass is 15.0. The van der Waals surface area contributed by atoms with Gasteiger partial charge in [0, 0.05) is 24.0 Å². The molecule has 156 valence electrons. The predicted octanol–water partition coefficient (Wildman–Crippen LogP) is 7.05. The Morgan fingerprint density at radius 3 is 1.88 bits per heavy atom. The van der Waals surface area contributed by atoms with Crippen LogP contribution in [0.15, 0.2) is 121 Å². The minimum Gasteiger partial charge on any atom is -0.338 e. The zero-order chi connectivity index (χ0) is 21.6. The van der Waals surface area contributed by atoms with Crippen LogP contribution in [0.25, 0.3) is 22.5 Å². The Morgan fingerprint density at radius 1 is 0.594 bits per heavy atom. The molecule has 0 saturated heterocycles. The van der Waals surface area contributed by atoms with Crippen molar-refractivity contribution in [2.24, 2.45) is 0 Å². The van der Waals surface area contributed by atoms with Crippen LogP contribution in [0.2, 0.25) is 0 Å². The van der Waals surface area contributed by atoms with Gasteiger partial charge in [0.1, 0.15) is 0 Å². The summed E-state index contributed by atoms with van der Waals surface area (Å²) in [5, 5.41) is 0. The highest BCUT2D eigenvalue weighted by Gasteiger charge is 2.18. The summed E-state index contributed by atoms with van der Waals surface area (Å²) in [5.41, 5.74) is 8.71. The van der Waals surface area contributed by atoms with Gasteiger partial charge in [-0.05, 0) is 47.7 Å². The molecule has 2 heterocycles. The molecule has 0 amide bonds. The highest BCUT2D eigenvalue weighted by Crippen LogP contribution is 2.34. The molecule has 3 aromatic carbocycles. The lowest BCUT2D eigenvalue weighted by molar-refractivity contribution is 0.738. The zero-order valence-electron chi connectivity index (χ0n) is 18.1. The van der Waals surface area contributed by atoms with Gasteiger partial charge in [0.15, 0.2) is 0 Å². The van der Waals surface area contributed by atoms with Crippen LogP contribution in [0.5, 0.6) is 0 Å². The normalized spacial score (nSPS) is 10.9. The molecule has 0 aliphatic carbocycles. The van der Waals surface area contributed by atoms with E-state index in [1.54, 1.807) is 0 Å². The van der Waals surface area contributed by atoms with Crippen molar-refractivity contribution < 1.29 is 0 Å². The Hall–Kier alpha value is -3.91. The summed E-state index contributed by atoms with van der Waals surface area (Å²) in [6.07, 6.45) is 3.84. The number of benzene rings is 3. The monoisotopic (exact) mass is 414 g/mol. The molecule has 0 saturated carbocycles. The van der Waals surface area contributed by atoms with Gasteiger partial charge >= 0.3 is 0 Å². The van der Waals surface area contributed by atoms with Crippen molar-refractivity contribution in [3.05, 3.63) is 138 Å². The van der Waals surface area contributed by atoms with E-state index >= 15 is 0 Å². The third kappa shape index (κ3) is 4.40. The fraction of sp³-hybridized carbons (Fsp3) is 0.100. The molecule has 2 heteroatoms. The van der Waals surface area contributed by atoms with Crippen LogP contribution >= 0.6 is 0 Å². The second-order valence-electron chi connectivity index (χ2n) is 8.03. The lowest BCUT2D eigenvalue weighted by Gasteiger charge is -2.15. The summed E-state index contributed by atoms with van der Waals surface area (Å²) < 4.78 is 2.46. The Bertz CT molecular complexity index is 1260. The summed E-state index contributed by atoms with van der Waals surface area (Å²) in [6.45, 7) is 0.823. The van der Waals surface area contributed by atoms with Crippen molar-refractivity contribution in [2.45, 2.75) is 19.4 Å². The van der Waals surface area contributed by atoms with E-state index in [0.29, 0.717) is 0 Å². The first-order valence-electron chi connectivity index (χ1n) is 11.2. The van der Waals surface area contributed by atoms with Gasteiger partial charge in [-0.25, -0.2) is 0 Å². The van der Waals surface area contributed by atoms with Crippen LogP contribution in [0.4, 0.5) is 0 Å². The minimum atomic E-state index is 0.823. The largest absolute Gasteiger partial charge is 0.338 e. The summed E-state index contributed by atoms with van der Waals surface area (Å²) in [7, 11) is 0. The van der Waals surface area contributed by atoms with E-state index < -0.39 is 0 Å². The smallest absolute Gasteiger partial charge is 0.0866 e. The number of aryl methyl sites for hydroxylation is 1. The van der Waals surface area contributed by atoms with Gasteiger partial charge < -0.3 is 4.57 Å². The molecule has 5 aromatic rings. The Kier molecular flexibility index (Phi) is 5.93. The predicted molar refractivity (Wildman–Crippen MR) is 132 cm³/mol. The van der Waals surface area contributed by atoms with E-state index in [-0.39, 0.29) is 0 Å². The Morgan fingerprint density at radius 2 is 1.22 bits per heavy atom. The molecule has 0 aliphatic rings. The Labute approximate surface area is 189 Å². The van der Waals surface area contributed by atoms with Crippen molar-refractivity contribution in [2.75, 3.05) is 0 Å². The zero-order valence-corrected chi connectivity index (χ0v) is 18.1. The number of hydrogen-bond donors (Lipinski definition) is 0. The van der Waals surface area contributed by atoms with Crippen molar-refractivity contribution in [1.82, 2.24) is 9.55 Å². The molecule has 0 spiro atoms. The molecule has 2 nitrogen and oxygen atoms in total. The van der Waals surface area contributed by atoms with Crippen LogP contribution in [0.3, 0.4) is 0 Å². The van der Waals surface area contributed by atoms with Crippen molar-refractivity contribution in [3.63, 3.8) is 0 Å². The molecule has 0 fully saturated rings. The average molecular weight is 415 g/mol. The van der Waals surface area contributed by atoms with E-state index in [1.807, 2.05) is 12.3 Å². The van der Waals surface area contributed by atoms with Gasteiger partial charge in [-0.3, -0.25) is 4.98 Å². The van der Waals surface area contributed by atoms with E-state index in [0.717, 1.165) is 30.8 Å². The lowest BCUT2D eigenvalue weighted by atomic mass is 10.0. The third-order valence-electron chi connectivity index (χ3n) is 5.90. The average Bonchev–Trinajstić information content (AvgIpc) is 3.23. The lowest BCUT2D eigenvalue weighted by Crippen LogP contribution is -2.08. The Balaban J connectivity index is 1.65. The number of aromatic nitrogens is 2. The summed E-state index contributed by atoms with van der Waals surface area (Å²) in [6, 6.07) is 40.6. The topological polar surface area (TPSA) is 17.8 Å². The van der Waals surface area contributed by atoms with E-state index in [2.05, 4.69) is 114 Å². The summed E-state index contributed by atoms with van der Waals surface area (Å²) in [5.74, 6) is 0. The fourth-order valence-electron chi connectivity index (χ4n) is 4.31. The fourth-order valence-corrected chi connectivity index (χ4v) is 4.31. The number of pyridine rings is 1. The van der Waals surface area contributed by atoms with E-state index in [9.17, 15) is 0 Å². The maximum absolute atomic E-state index is 4.70. The molecule has 2 aromatic heterocycles. The molecule has 32 heavy (non-hydrogen) atoms. The maximum Gasteiger partial charge on any atom is 0.0866 e. The second kappa shape index (κ2) is 9.49. The van der Waals surface area contributed by atoms with Crippen LogP contribution in [0.1, 0.15) is 16.8 Å². The molecule has 0 unspecified atom stereocenters. The number of rotatable bonds is 7. The highest BCUT2D eigenvalue weighted by molar-refractivity contribution is 5.74. The number of hydrogen-bond acceptors (Lipinski definition) is 1. The molecule has 0 bridgehead atoms. The first-order chi connectivity index (χ1) is 15.9. The first kappa shape index (κ1) is 20.0. The summed E-state index contributed by atoms with van der Waals surface area (Å²) in [4.78, 5) is 4.70. The van der Waals surface area contributed by atoms with Gasteiger partial charge in [0.25, 0.3) is 0 Å². The third-order valence-corrected chi connectivity index (χ3v) is 5.90. The first-order valence-corrected chi connectivity index (χ1v) is 11.2. The van der Waals surface area contributed by atoms with Crippen molar-refractivity contribution in [3.8, 4) is 22.5 Å². The minimum absolute atomic E-state index is 0.823. The standard InChI is InChI=1S/C30H26N2/c1-4-12-24(13-5-1)19-20-29-27(26-16-8-3-9-17-26)22-30(28-18-10-11-21-31-28)32(29)23-25-14-6-2-7-15-25/h1-18,21-22H,19-20,23H2. The quantitative estimate of drug-likeness (QED) is 0.279. The molecule has 0 aliphatic heterocycles. The van der Waals surface area contributed by atoms with E-state index in [1.165, 1.54) is 27.9 Å². The van der Waals surface area contributed by atoms with Crippen LogP contribution in [0, 0.1) is 0 Å². The maximum atomic E-state index is 4.70.